The van der Waals surface area contributed by atoms with Crippen LogP contribution in [0.1, 0.15) is 0 Å². The average Bonchev–Trinajstić information content (AvgIpc) is 4.03. The second-order valence-corrected chi connectivity index (χ2v) is 14.9. The second kappa shape index (κ2) is 11.8. The molecule has 0 aliphatic rings. The van der Waals surface area contributed by atoms with Crippen LogP contribution in [0.3, 0.4) is 0 Å². The number of aromatic nitrogens is 4. The molecule has 0 fully saturated rings. The molecule has 0 spiro atoms. The van der Waals surface area contributed by atoms with Gasteiger partial charge in [0.25, 0.3) is 0 Å². The van der Waals surface area contributed by atoms with E-state index >= 15 is 0 Å². The molecule has 0 atom stereocenters. The lowest BCUT2D eigenvalue weighted by Gasteiger charge is -2.11. The Bertz CT molecular complexity index is 3810. The van der Waals surface area contributed by atoms with Crippen molar-refractivity contribution in [2.45, 2.75) is 0 Å². The Balaban J connectivity index is 0.993. The summed E-state index contributed by atoms with van der Waals surface area (Å²) in [6, 6.07) is 64.0. The number of hydrogen-bond acceptors (Lipinski definition) is 4. The molecule has 58 heavy (non-hydrogen) atoms. The van der Waals surface area contributed by atoms with E-state index in [1.54, 1.807) is 0 Å². The fourth-order valence-corrected chi connectivity index (χ4v) is 9.18. The Morgan fingerprint density at radius 3 is 1.72 bits per heavy atom. The number of fused-ring (bicyclic) bond motifs is 12. The first kappa shape index (κ1) is 31.3. The topological polar surface area (TPSA) is 61.9 Å². The molecule has 6 heterocycles. The normalized spacial score (nSPS) is 12.1. The largest absolute Gasteiger partial charge is 0.454 e. The summed E-state index contributed by atoms with van der Waals surface area (Å²) in [6.45, 7) is 0. The Morgan fingerprint density at radius 2 is 0.931 bits per heavy atom. The van der Waals surface area contributed by atoms with Crippen LogP contribution in [-0.4, -0.2) is 19.1 Å². The summed E-state index contributed by atoms with van der Waals surface area (Å²) in [4.78, 5) is 10.2. The average molecular weight is 743 g/mol. The van der Waals surface area contributed by atoms with E-state index in [1.165, 1.54) is 43.7 Å². The van der Waals surface area contributed by atoms with E-state index in [4.69, 9.17) is 18.8 Å². The standard InChI is InChI=1S/C52H30N4O2/c1-2-11-32(12-3-1)55-42-17-7-4-13-35(42)36-23-21-31(29-45(36)55)34-16-10-19-44-50(34)37-14-5-8-18-43(37)56(44)33-22-26-47-39(30-33)52-49(58-47)28-25-41(54-52)40-24-27-48-51(53-40)38-15-6-9-20-46(38)57-48/h1-30H. The molecule has 6 aromatic heterocycles. The van der Waals surface area contributed by atoms with Crippen LogP contribution in [-0.2, 0) is 0 Å². The van der Waals surface area contributed by atoms with Crippen LogP contribution < -0.4 is 0 Å². The van der Waals surface area contributed by atoms with E-state index in [0.717, 1.165) is 77.9 Å². The SMILES string of the molecule is c1ccc(-n2c3ccccc3c3ccc(-c4cccc5c4c4ccccc4n5-c4ccc5oc6ccc(-c7ccc8oc9ccccc9c8n7)nc6c5c4)cc32)cc1. The maximum Gasteiger partial charge on any atom is 0.153 e. The Labute approximate surface area is 330 Å². The van der Waals surface area contributed by atoms with Crippen molar-refractivity contribution in [2.75, 3.05) is 0 Å². The van der Waals surface area contributed by atoms with Gasteiger partial charge in [-0.05, 0) is 102 Å². The summed E-state index contributed by atoms with van der Waals surface area (Å²) in [5.41, 5.74) is 15.5. The van der Waals surface area contributed by atoms with Crippen molar-refractivity contribution in [3.8, 4) is 33.9 Å². The van der Waals surface area contributed by atoms with Gasteiger partial charge in [0.05, 0.1) is 33.5 Å². The van der Waals surface area contributed by atoms with Crippen molar-refractivity contribution in [2.24, 2.45) is 0 Å². The molecule has 6 nitrogen and oxygen atoms in total. The van der Waals surface area contributed by atoms with Crippen LogP contribution in [0.15, 0.2) is 191 Å². The van der Waals surface area contributed by atoms with Gasteiger partial charge >= 0.3 is 0 Å². The molecule has 0 saturated carbocycles. The predicted molar refractivity (Wildman–Crippen MR) is 236 cm³/mol. The molecule has 13 rings (SSSR count). The minimum atomic E-state index is 0.735. The first-order valence-corrected chi connectivity index (χ1v) is 19.5. The molecule has 7 aromatic carbocycles. The lowest BCUT2D eigenvalue weighted by atomic mass is 9.98. The third-order valence-electron chi connectivity index (χ3n) is 11.7. The third kappa shape index (κ3) is 4.42. The summed E-state index contributed by atoms with van der Waals surface area (Å²) in [6.07, 6.45) is 0. The van der Waals surface area contributed by atoms with Crippen LogP contribution in [0, 0.1) is 0 Å². The van der Waals surface area contributed by atoms with E-state index in [-0.39, 0.29) is 0 Å². The zero-order chi connectivity index (χ0) is 37.9. The van der Waals surface area contributed by atoms with Gasteiger partial charge in [0.2, 0.25) is 0 Å². The molecule has 0 amide bonds. The molecule has 0 saturated heterocycles. The van der Waals surface area contributed by atoms with Crippen LogP contribution in [0.2, 0.25) is 0 Å². The summed E-state index contributed by atoms with van der Waals surface area (Å²) in [5, 5.41) is 6.83. The highest BCUT2D eigenvalue weighted by atomic mass is 16.3. The fraction of sp³-hybridized carbons (Fsp3) is 0. The highest BCUT2D eigenvalue weighted by Crippen LogP contribution is 2.42. The second-order valence-electron chi connectivity index (χ2n) is 14.9. The van der Waals surface area contributed by atoms with E-state index in [2.05, 4.69) is 143 Å². The van der Waals surface area contributed by atoms with Crippen molar-refractivity contribution < 1.29 is 8.83 Å². The van der Waals surface area contributed by atoms with E-state index in [1.807, 2.05) is 48.5 Å². The van der Waals surface area contributed by atoms with Crippen LogP contribution in [0.5, 0.6) is 0 Å². The maximum atomic E-state index is 6.37. The summed E-state index contributed by atoms with van der Waals surface area (Å²) in [5.74, 6) is 0. The lowest BCUT2D eigenvalue weighted by molar-refractivity contribution is 0.667. The Morgan fingerprint density at radius 1 is 0.345 bits per heavy atom. The molecular weight excluding hydrogens is 713 g/mol. The Kier molecular flexibility index (Phi) is 6.35. The smallest absolute Gasteiger partial charge is 0.153 e. The van der Waals surface area contributed by atoms with Gasteiger partial charge in [-0.15, -0.1) is 0 Å². The van der Waals surface area contributed by atoms with E-state index in [0.29, 0.717) is 0 Å². The molecule has 0 N–H and O–H groups in total. The molecule has 0 aliphatic carbocycles. The molecule has 270 valence electrons. The van der Waals surface area contributed by atoms with Crippen LogP contribution in [0.25, 0.3) is 122 Å². The van der Waals surface area contributed by atoms with Gasteiger partial charge in [0.15, 0.2) is 11.2 Å². The number of furan rings is 2. The molecular formula is C52H30N4O2. The van der Waals surface area contributed by atoms with Crippen molar-refractivity contribution >= 4 is 87.7 Å². The predicted octanol–water partition coefficient (Wildman–Crippen LogP) is 13.8. The molecule has 0 bridgehead atoms. The molecule has 0 radical (unpaired) electrons. The summed E-state index contributed by atoms with van der Waals surface area (Å²) in [7, 11) is 0. The van der Waals surface area contributed by atoms with Crippen LogP contribution >= 0.6 is 0 Å². The van der Waals surface area contributed by atoms with Gasteiger partial charge in [-0.2, -0.15) is 0 Å². The third-order valence-corrected chi connectivity index (χ3v) is 11.7. The summed E-state index contributed by atoms with van der Waals surface area (Å²) >= 11 is 0. The zero-order valence-corrected chi connectivity index (χ0v) is 30.9. The minimum Gasteiger partial charge on any atom is -0.454 e. The highest BCUT2D eigenvalue weighted by Gasteiger charge is 2.20. The van der Waals surface area contributed by atoms with Gasteiger partial charge in [-0.25, -0.2) is 9.97 Å². The first-order chi connectivity index (χ1) is 28.7. The Hall–Kier alpha value is -7.96. The molecule has 0 aliphatic heterocycles. The number of benzene rings is 7. The van der Waals surface area contributed by atoms with Crippen LogP contribution in [0.4, 0.5) is 0 Å². The molecule has 13 aromatic rings. The minimum absolute atomic E-state index is 0.735. The van der Waals surface area contributed by atoms with E-state index in [9.17, 15) is 0 Å². The molecule has 6 heteroatoms. The number of hydrogen-bond donors (Lipinski definition) is 0. The summed E-state index contributed by atoms with van der Waals surface area (Å²) < 4.78 is 17.2. The van der Waals surface area contributed by atoms with Gasteiger partial charge in [-0.1, -0.05) is 91.0 Å². The van der Waals surface area contributed by atoms with Gasteiger partial charge < -0.3 is 18.0 Å². The quantitative estimate of drug-likeness (QED) is 0.180. The zero-order valence-electron chi connectivity index (χ0n) is 30.9. The monoisotopic (exact) mass is 742 g/mol. The number of pyridine rings is 2. The number of nitrogens with zero attached hydrogens (tertiary/aromatic N) is 4. The maximum absolute atomic E-state index is 6.37. The first-order valence-electron chi connectivity index (χ1n) is 19.5. The van der Waals surface area contributed by atoms with Crippen molar-refractivity contribution in [1.29, 1.82) is 0 Å². The van der Waals surface area contributed by atoms with Gasteiger partial charge in [0, 0.05) is 43.7 Å². The van der Waals surface area contributed by atoms with Crippen molar-refractivity contribution in [1.82, 2.24) is 19.1 Å². The van der Waals surface area contributed by atoms with Gasteiger partial charge in [0.1, 0.15) is 22.2 Å². The van der Waals surface area contributed by atoms with E-state index < -0.39 is 0 Å². The van der Waals surface area contributed by atoms with Crippen molar-refractivity contribution in [3.05, 3.63) is 182 Å². The number of rotatable bonds is 4. The molecule has 0 unspecified atom stereocenters. The lowest BCUT2D eigenvalue weighted by Crippen LogP contribution is -1.94. The fourth-order valence-electron chi connectivity index (χ4n) is 9.18. The highest BCUT2D eigenvalue weighted by molar-refractivity contribution is 6.17. The van der Waals surface area contributed by atoms with Gasteiger partial charge in [-0.3, -0.25) is 0 Å². The van der Waals surface area contributed by atoms with Crippen molar-refractivity contribution in [3.63, 3.8) is 0 Å². The number of para-hydroxylation sites is 4.